The van der Waals surface area contributed by atoms with Gasteiger partial charge in [0.1, 0.15) is 0 Å². The van der Waals surface area contributed by atoms with E-state index in [1.165, 1.54) is 11.1 Å². The monoisotopic (exact) mass is 220 g/mol. The van der Waals surface area contributed by atoms with E-state index in [9.17, 15) is 4.79 Å². The molecule has 0 unspecified atom stereocenters. The minimum absolute atomic E-state index is 0.0215. The standard InChI is InChI=1S/C13H20N2O/c1-9-6-7-12(8-10(9)2)14-13(16)11(3)15(4)5/h6-8,11H,1-5H3,(H,14,16)/t11-/m0/s1. The summed E-state index contributed by atoms with van der Waals surface area (Å²) in [6.45, 7) is 5.99. The van der Waals surface area contributed by atoms with Crippen molar-refractivity contribution in [3.63, 3.8) is 0 Å². The molecular weight excluding hydrogens is 200 g/mol. The lowest BCUT2D eigenvalue weighted by atomic mass is 10.1. The Morgan fingerprint density at radius 2 is 1.88 bits per heavy atom. The summed E-state index contributed by atoms with van der Waals surface area (Å²) in [4.78, 5) is 13.7. The van der Waals surface area contributed by atoms with Crippen molar-refractivity contribution in [2.24, 2.45) is 0 Å². The zero-order valence-electron chi connectivity index (χ0n) is 10.7. The summed E-state index contributed by atoms with van der Waals surface area (Å²) in [7, 11) is 3.79. The van der Waals surface area contributed by atoms with Crippen molar-refractivity contribution in [3.8, 4) is 0 Å². The van der Waals surface area contributed by atoms with Crippen molar-refractivity contribution in [2.75, 3.05) is 19.4 Å². The number of carbonyl (C=O) groups excluding carboxylic acids is 1. The maximum absolute atomic E-state index is 11.8. The van der Waals surface area contributed by atoms with E-state index in [-0.39, 0.29) is 11.9 Å². The van der Waals surface area contributed by atoms with Crippen molar-refractivity contribution in [1.29, 1.82) is 0 Å². The second kappa shape index (κ2) is 5.12. The Hall–Kier alpha value is -1.35. The molecule has 0 saturated heterocycles. The maximum Gasteiger partial charge on any atom is 0.241 e. The molecule has 88 valence electrons. The van der Waals surface area contributed by atoms with Gasteiger partial charge in [-0.3, -0.25) is 9.69 Å². The molecule has 1 amide bonds. The smallest absolute Gasteiger partial charge is 0.241 e. The quantitative estimate of drug-likeness (QED) is 0.847. The molecular formula is C13H20N2O. The summed E-state index contributed by atoms with van der Waals surface area (Å²) in [6.07, 6.45) is 0. The Morgan fingerprint density at radius 1 is 1.25 bits per heavy atom. The van der Waals surface area contributed by atoms with Crippen LogP contribution in [0.4, 0.5) is 5.69 Å². The van der Waals surface area contributed by atoms with E-state index < -0.39 is 0 Å². The largest absolute Gasteiger partial charge is 0.325 e. The fourth-order valence-electron chi connectivity index (χ4n) is 1.30. The first-order chi connectivity index (χ1) is 7.41. The van der Waals surface area contributed by atoms with Crippen LogP contribution in [0.2, 0.25) is 0 Å². The number of hydrogen-bond donors (Lipinski definition) is 1. The average Bonchev–Trinajstić information content (AvgIpc) is 2.22. The molecule has 0 aliphatic carbocycles. The van der Waals surface area contributed by atoms with Crippen LogP contribution in [-0.4, -0.2) is 30.9 Å². The van der Waals surface area contributed by atoms with Crippen LogP contribution in [0.25, 0.3) is 0 Å². The third-order valence-electron chi connectivity index (χ3n) is 2.93. The Balaban J connectivity index is 2.74. The zero-order valence-corrected chi connectivity index (χ0v) is 10.7. The van der Waals surface area contributed by atoms with Crippen LogP contribution in [-0.2, 0) is 4.79 Å². The van der Waals surface area contributed by atoms with Gasteiger partial charge in [-0.25, -0.2) is 0 Å². The van der Waals surface area contributed by atoms with E-state index in [1.54, 1.807) is 0 Å². The summed E-state index contributed by atoms with van der Waals surface area (Å²) in [6, 6.07) is 5.82. The average molecular weight is 220 g/mol. The van der Waals surface area contributed by atoms with Crippen molar-refractivity contribution in [3.05, 3.63) is 29.3 Å². The lowest BCUT2D eigenvalue weighted by molar-refractivity contribution is -0.119. The first-order valence-corrected chi connectivity index (χ1v) is 5.46. The van der Waals surface area contributed by atoms with Crippen molar-refractivity contribution < 1.29 is 4.79 Å². The highest BCUT2D eigenvalue weighted by atomic mass is 16.2. The molecule has 0 fully saturated rings. The number of carbonyl (C=O) groups is 1. The van der Waals surface area contributed by atoms with Gasteiger partial charge in [-0.2, -0.15) is 0 Å². The topological polar surface area (TPSA) is 32.3 Å². The normalized spacial score (nSPS) is 12.6. The molecule has 1 rings (SSSR count). The molecule has 3 heteroatoms. The first-order valence-electron chi connectivity index (χ1n) is 5.46. The van der Waals surface area contributed by atoms with Crippen LogP contribution in [0.5, 0.6) is 0 Å². The number of nitrogens with zero attached hydrogens (tertiary/aromatic N) is 1. The zero-order chi connectivity index (χ0) is 12.3. The van der Waals surface area contributed by atoms with E-state index in [0.29, 0.717) is 0 Å². The number of benzene rings is 1. The first kappa shape index (κ1) is 12.7. The second-order valence-corrected chi connectivity index (χ2v) is 4.43. The lowest BCUT2D eigenvalue weighted by Gasteiger charge is -2.19. The Morgan fingerprint density at radius 3 is 2.38 bits per heavy atom. The molecule has 16 heavy (non-hydrogen) atoms. The van der Waals surface area contributed by atoms with Gasteiger partial charge in [-0.1, -0.05) is 6.07 Å². The predicted molar refractivity (Wildman–Crippen MR) is 67.7 cm³/mol. The highest BCUT2D eigenvalue weighted by Crippen LogP contribution is 2.14. The number of hydrogen-bond acceptors (Lipinski definition) is 2. The number of rotatable bonds is 3. The van der Waals surface area contributed by atoms with E-state index in [0.717, 1.165) is 5.69 Å². The summed E-state index contributed by atoms with van der Waals surface area (Å²) in [5.74, 6) is 0.0215. The van der Waals surface area contributed by atoms with Crippen LogP contribution in [0.15, 0.2) is 18.2 Å². The van der Waals surface area contributed by atoms with Gasteiger partial charge in [-0.05, 0) is 58.1 Å². The summed E-state index contributed by atoms with van der Waals surface area (Å²) < 4.78 is 0. The molecule has 0 aliphatic heterocycles. The van der Waals surface area contributed by atoms with Gasteiger partial charge in [0.2, 0.25) is 5.91 Å². The van der Waals surface area contributed by atoms with Crippen LogP contribution < -0.4 is 5.32 Å². The number of likely N-dealkylation sites (N-methyl/N-ethyl adjacent to an activating group) is 1. The third-order valence-corrected chi connectivity index (χ3v) is 2.93. The van der Waals surface area contributed by atoms with Gasteiger partial charge in [-0.15, -0.1) is 0 Å². The van der Waals surface area contributed by atoms with Gasteiger partial charge < -0.3 is 5.32 Å². The molecule has 0 bridgehead atoms. The second-order valence-electron chi connectivity index (χ2n) is 4.43. The van der Waals surface area contributed by atoms with Gasteiger partial charge in [0, 0.05) is 5.69 Å². The molecule has 1 N–H and O–H groups in total. The Bertz CT molecular complexity index is 386. The third kappa shape index (κ3) is 3.07. The van der Waals surface area contributed by atoms with E-state index >= 15 is 0 Å². The molecule has 1 aromatic rings. The van der Waals surface area contributed by atoms with Crippen molar-refractivity contribution in [2.45, 2.75) is 26.8 Å². The van der Waals surface area contributed by atoms with E-state index in [1.807, 2.05) is 51.0 Å². The van der Waals surface area contributed by atoms with Gasteiger partial charge in [0.15, 0.2) is 0 Å². The molecule has 0 saturated carbocycles. The Kier molecular flexibility index (Phi) is 4.07. The fourth-order valence-corrected chi connectivity index (χ4v) is 1.30. The van der Waals surface area contributed by atoms with Gasteiger partial charge in [0.25, 0.3) is 0 Å². The lowest BCUT2D eigenvalue weighted by Crippen LogP contribution is -2.37. The molecule has 0 aliphatic rings. The molecule has 0 radical (unpaired) electrons. The molecule has 0 heterocycles. The summed E-state index contributed by atoms with van der Waals surface area (Å²) in [5.41, 5.74) is 3.29. The molecule has 1 atom stereocenters. The van der Waals surface area contributed by atoms with Crippen LogP contribution in [0, 0.1) is 13.8 Å². The number of aryl methyl sites for hydroxylation is 2. The molecule has 0 spiro atoms. The predicted octanol–water partition coefficient (Wildman–Crippen LogP) is 2.19. The number of nitrogens with one attached hydrogen (secondary N) is 1. The fraction of sp³-hybridized carbons (Fsp3) is 0.462. The van der Waals surface area contributed by atoms with Crippen LogP contribution in [0.3, 0.4) is 0 Å². The SMILES string of the molecule is Cc1ccc(NC(=O)[C@H](C)N(C)C)cc1C. The van der Waals surface area contributed by atoms with E-state index in [4.69, 9.17) is 0 Å². The highest BCUT2D eigenvalue weighted by Gasteiger charge is 2.14. The number of anilines is 1. The minimum atomic E-state index is -0.124. The van der Waals surface area contributed by atoms with Crippen LogP contribution in [0.1, 0.15) is 18.1 Å². The van der Waals surface area contributed by atoms with Gasteiger partial charge in [0.05, 0.1) is 6.04 Å². The van der Waals surface area contributed by atoms with E-state index in [2.05, 4.69) is 12.2 Å². The molecule has 3 nitrogen and oxygen atoms in total. The molecule has 0 aromatic heterocycles. The maximum atomic E-state index is 11.8. The molecule has 1 aromatic carbocycles. The van der Waals surface area contributed by atoms with Gasteiger partial charge >= 0.3 is 0 Å². The van der Waals surface area contributed by atoms with Crippen molar-refractivity contribution >= 4 is 11.6 Å². The van der Waals surface area contributed by atoms with Crippen molar-refractivity contribution in [1.82, 2.24) is 4.90 Å². The number of amides is 1. The Labute approximate surface area is 97.5 Å². The highest BCUT2D eigenvalue weighted by molar-refractivity contribution is 5.94. The summed E-state index contributed by atoms with van der Waals surface area (Å²) in [5, 5.41) is 2.91. The minimum Gasteiger partial charge on any atom is -0.325 e. The summed E-state index contributed by atoms with van der Waals surface area (Å²) >= 11 is 0. The van der Waals surface area contributed by atoms with Crippen LogP contribution >= 0.6 is 0 Å².